The smallest absolute Gasteiger partial charge is 0.478 e. The summed E-state index contributed by atoms with van der Waals surface area (Å²) in [6.07, 6.45) is -0.140. The van der Waals surface area contributed by atoms with Gasteiger partial charge in [0.2, 0.25) is 0 Å². The third-order valence-electron chi connectivity index (χ3n) is 6.44. The van der Waals surface area contributed by atoms with Gasteiger partial charge in [-0.15, -0.1) is 13.2 Å². The molecule has 0 fully saturated rings. The minimum absolute atomic E-state index is 0.00956. The first-order valence-electron chi connectivity index (χ1n) is 12.5. The van der Waals surface area contributed by atoms with Crippen LogP contribution >= 0.6 is 0 Å². The van der Waals surface area contributed by atoms with E-state index in [0.717, 1.165) is 6.07 Å². The molecule has 13 heteroatoms. The highest BCUT2D eigenvalue weighted by molar-refractivity contribution is 6.00. The quantitative estimate of drug-likeness (QED) is 0.250. The van der Waals surface area contributed by atoms with Crippen LogP contribution in [-0.4, -0.2) is 52.6 Å². The standard InChI is InChI=1S/C28H26F3N5O5/c1-14-22(12-35(33-14)13-27(4,5)39)36-11-21(19-7-6-17(26(37)38)9-23(19)40-28(29,30)31)20-8-18(10-32-25(20)36)24-15(2)34-41-16(24)3/h6-12,39H,13H2,1-5H3,(H,37,38). The molecule has 0 amide bonds. The molecule has 0 aliphatic rings. The van der Waals surface area contributed by atoms with Gasteiger partial charge in [-0.25, -0.2) is 9.78 Å². The summed E-state index contributed by atoms with van der Waals surface area (Å²) in [4.78, 5) is 16.2. The SMILES string of the molecule is Cc1nn(CC(C)(C)O)cc1-n1cc(-c2ccc(C(=O)O)cc2OC(F)(F)F)c2cc(-c3c(C)noc3C)cnc21. The maximum Gasteiger partial charge on any atom is 0.573 e. The van der Waals surface area contributed by atoms with Gasteiger partial charge in [-0.3, -0.25) is 9.25 Å². The van der Waals surface area contributed by atoms with Crippen molar-refractivity contribution in [1.29, 1.82) is 0 Å². The number of ether oxygens (including phenoxy) is 1. The number of aromatic carboxylic acids is 1. The lowest BCUT2D eigenvalue weighted by Crippen LogP contribution is -2.26. The van der Waals surface area contributed by atoms with Crippen LogP contribution in [0, 0.1) is 20.8 Å². The molecule has 1 aromatic carbocycles. The van der Waals surface area contributed by atoms with Crippen molar-refractivity contribution < 1.29 is 37.4 Å². The van der Waals surface area contributed by atoms with E-state index in [2.05, 4.69) is 20.0 Å². The van der Waals surface area contributed by atoms with Gasteiger partial charge in [-0.05, 0) is 58.9 Å². The van der Waals surface area contributed by atoms with Gasteiger partial charge < -0.3 is 19.5 Å². The number of alkyl halides is 3. The molecule has 10 nitrogen and oxygen atoms in total. The van der Waals surface area contributed by atoms with Crippen molar-refractivity contribution >= 4 is 17.0 Å². The van der Waals surface area contributed by atoms with E-state index in [-0.39, 0.29) is 17.7 Å². The van der Waals surface area contributed by atoms with E-state index in [4.69, 9.17) is 4.52 Å². The summed E-state index contributed by atoms with van der Waals surface area (Å²) in [6, 6.07) is 5.09. The van der Waals surface area contributed by atoms with Crippen molar-refractivity contribution in [2.24, 2.45) is 0 Å². The molecule has 0 bridgehead atoms. The fraction of sp³-hybridized carbons (Fsp3) is 0.286. The summed E-state index contributed by atoms with van der Waals surface area (Å²) < 4.78 is 53.2. The number of nitrogens with zero attached hydrogens (tertiary/aromatic N) is 5. The first-order valence-corrected chi connectivity index (χ1v) is 12.5. The third-order valence-corrected chi connectivity index (χ3v) is 6.44. The molecule has 0 spiro atoms. The minimum Gasteiger partial charge on any atom is -0.478 e. The van der Waals surface area contributed by atoms with Crippen LogP contribution in [0.2, 0.25) is 0 Å². The van der Waals surface area contributed by atoms with Crippen molar-refractivity contribution in [3.63, 3.8) is 0 Å². The molecule has 0 aliphatic heterocycles. The lowest BCUT2D eigenvalue weighted by atomic mass is 10.00. The summed E-state index contributed by atoms with van der Waals surface area (Å²) in [5.74, 6) is -1.53. The van der Waals surface area contributed by atoms with Gasteiger partial charge in [0.05, 0.1) is 34.8 Å². The Bertz CT molecular complexity index is 1770. The zero-order valence-corrected chi connectivity index (χ0v) is 22.7. The number of carbonyl (C=O) groups is 1. The van der Waals surface area contributed by atoms with Gasteiger partial charge in [0.25, 0.3) is 0 Å². The fourth-order valence-corrected chi connectivity index (χ4v) is 4.85. The average Bonchev–Trinajstić information content (AvgIpc) is 3.50. The van der Waals surface area contributed by atoms with Gasteiger partial charge in [-0.1, -0.05) is 5.16 Å². The van der Waals surface area contributed by atoms with Crippen LogP contribution in [0.15, 0.2) is 47.4 Å². The number of carboxylic acids is 1. The van der Waals surface area contributed by atoms with Crippen LogP contribution in [0.5, 0.6) is 5.75 Å². The number of hydrogen-bond acceptors (Lipinski definition) is 7. The van der Waals surface area contributed by atoms with E-state index in [1.54, 1.807) is 68.5 Å². The maximum absolute atomic E-state index is 13.4. The average molecular weight is 570 g/mol. The molecule has 214 valence electrons. The molecule has 5 aromatic rings. The largest absolute Gasteiger partial charge is 0.573 e. The number of halogens is 3. The Morgan fingerprint density at radius 2 is 1.80 bits per heavy atom. The second-order valence-electron chi connectivity index (χ2n) is 10.4. The van der Waals surface area contributed by atoms with Gasteiger partial charge in [-0.2, -0.15) is 5.10 Å². The number of carboxylic acid groups (broad SMARTS) is 1. The molecular weight excluding hydrogens is 543 g/mol. The summed E-state index contributed by atoms with van der Waals surface area (Å²) in [5.41, 5.74) is 2.42. The molecule has 5 rings (SSSR count). The Balaban J connectivity index is 1.79. The van der Waals surface area contributed by atoms with Gasteiger partial charge in [0.1, 0.15) is 17.2 Å². The minimum atomic E-state index is -5.07. The second-order valence-corrected chi connectivity index (χ2v) is 10.4. The number of rotatable bonds is 7. The van der Waals surface area contributed by atoms with Crippen molar-refractivity contribution in [3.8, 4) is 33.7 Å². The van der Waals surface area contributed by atoms with Crippen LogP contribution < -0.4 is 4.74 Å². The molecule has 0 saturated heterocycles. The highest BCUT2D eigenvalue weighted by Crippen LogP contribution is 2.41. The Morgan fingerprint density at radius 3 is 2.41 bits per heavy atom. The zero-order chi connectivity index (χ0) is 29.9. The second kappa shape index (κ2) is 9.77. The number of pyridine rings is 1. The number of aliphatic hydroxyl groups is 1. The molecule has 0 atom stereocenters. The van der Waals surface area contributed by atoms with E-state index in [9.17, 15) is 28.2 Å². The van der Waals surface area contributed by atoms with Crippen LogP contribution in [-0.2, 0) is 6.54 Å². The lowest BCUT2D eigenvalue weighted by molar-refractivity contribution is -0.274. The summed E-state index contributed by atoms with van der Waals surface area (Å²) in [5, 5.41) is 28.6. The number of aryl methyl sites for hydroxylation is 3. The molecule has 0 radical (unpaired) electrons. The van der Waals surface area contributed by atoms with Crippen molar-refractivity contribution in [3.05, 3.63) is 65.6 Å². The van der Waals surface area contributed by atoms with E-state index < -0.39 is 23.7 Å². The van der Waals surface area contributed by atoms with Gasteiger partial charge in [0, 0.05) is 46.2 Å². The third kappa shape index (κ3) is 5.53. The number of benzene rings is 1. The predicted molar refractivity (Wildman–Crippen MR) is 142 cm³/mol. The van der Waals surface area contributed by atoms with Gasteiger partial charge >= 0.3 is 12.3 Å². The van der Waals surface area contributed by atoms with E-state index in [1.165, 1.54) is 12.1 Å². The van der Waals surface area contributed by atoms with Crippen LogP contribution in [0.1, 0.15) is 41.4 Å². The zero-order valence-electron chi connectivity index (χ0n) is 22.7. The van der Waals surface area contributed by atoms with Crippen molar-refractivity contribution in [2.75, 3.05) is 0 Å². The van der Waals surface area contributed by atoms with E-state index >= 15 is 0 Å². The van der Waals surface area contributed by atoms with E-state index in [1.807, 2.05) is 0 Å². The Morgan fingerprint density at radius 1 is 1.07 bits per heavy atom. The Labute approximate surface area is 231 Å². The summed E-state index contributed by atoms with van der Waals surface area (Å²) in [7, 11) is 0. The summed E-state index contributed by atoms with van der Waals surface area (Å²) in [6.45, 7) is 8.76. The normalized spacial score (nSPS) is 12.3. The number of aromatic nitrogens is 5. The van der Waals surface area contributed by atoms with Crippen molar-refractivity contribution in [1.82, 2.24) is 24.5 Å². The molecule has 0 saturated carbocycles. The molecule has 0 unspecified atom stereocenters. The van der Waals surface area contributed by atoms with Crippen LogP contribution in [0.25, 0.3) is 39.0 Å². The van der Waals surface area contributed by atoms with Crippen molar-refractivity contribution in [2.45, 2.75) is 53.1 Å². The molecule has 4 aromatic heterocycles. The van der Waals surface area contributed by atoms with Gasteiger partial charge in [0.15, 0.2) is 0 Å². The van der Waals surface area contributed by atoms with Crippen LogP contribution in [0.4, 0.5) is 13.2 Å². The van der Waals surface area contributed by atoms with Crippen LogP contribution in [0.3, 0.4) is 0 Å². The topological polar surface area (TPSA) is 128 Å². The number of hydrogen-bond donors (Lipinski definition) is 2. The maximum atomic E-state index is 13.4. The Hall–Kier alpha value is -4.65. The first kappa shape index (κ1) is 27.9. The predicted octanol–water partition coefficient (Wildman–Crippen LogP) is 5.84. The molecule has 4 heterocycles. The monoisotopic (exact) mass is 569 g/mol. The van der Waals surface area contributed by atoms with E-state index in [0.29, 0.717) is 50.6 Å². The molecule has 41 heavy (non-hydrogen) atoms. The molecule has 2 N–H and O–H groups in total. The fourth-order valence-electron chi connectivity index (χ4n) is 4.85. The summed E-state index contributed by atoms with van der Waals surface area (Å²) >= 11 is 0. The highest BCUT2D eigenvalue weighted by Gasteiger charge is 2.33. The number of fused-ring (bicyclic) bond motifs is 1. The first-order chi connectivity index (χ1) is 19.1. The lowest BCUT2D eigenvalue weighted by Gasteiger charge is -2.16. The highest BCUT2D eigenvalue weighted by atomic mass is 19.4. The molecule has 0 aliphatic carbocycles. The Kier molecular flexibility index (Phi) is 6.65. The molecular formula is C28H26F3N5O5.